The number of aryl methyl sites for hydroxylation is 1. The molecule has 148 valence electrons. The van der Waals surface area contributed by atoms with Crippen LogP contribution in [-0.4, -0.2) is 37.6 Å². The third-order valence-corrected chi connectivity index (χ3v) is 6.60. The van der Waals surface area contributed by atoms with Gasteiger partial charge in [-0.2, -0.15) is 0 Å². The lowest BCUT2D eigenvalue weighted by Crippen LogP contribution is -2.43. The number of carbonyl (C=O) groups is 1. The maximum absolute atomic E-state index is 12.2. The number of hydrogen-bond acceptors (Lipinski definition) is 4. The molecule has 0 saturated carbocycles. The van der Waals surface area contributed by atoms with Crippen LogP contribution in [-0.2, 0) is 14.9 Å². The van der Waals surface area contributed by atoms with E-state index in [1.807, 2.05) is 0 Å². The van der Waals surface area contributed by atoms with E-state index >= 15 is 0 Å². The fourth-order valence-electron chi connectivity index (χ4n) is 4.62. The van der Waals surface area contributed by atoms with Gasteiger partial charge in [-0.25, -0.2) is 0 Å². The molecule has 1 heterocycles. The van der Waals surface area contributed by atoms with Gasteiger partial charge in [0.1, 0.15) is 11.5 Å². The number of benzene rings is 1. The van der Waals surface area contributed by atoms with Gasteiger partial charge in [0.05, 0.1) is 7.11 Å². The topological polar surface area (TPSA) is 38.8 Å². The second-order valence-corrected chi connectivity index (χ2v) is 8.36. The summed E-state index contributed by atoms with van der Waals surface area (Å²) in [7, 11) is 3.91. The highest BCUT2D eigenvalue weighted by Crippen LogP contribution is 2.48. The number of nitrogens with zero attached hydrogens (tertiary/aromatic N) is 1. The molecular weight excluding hydrogens is 338 g/mol. The lowest BCUT2D eigenvalue weighted by Gasteiger charge is -2.41. The predicted octanol–water partition coefficient (Wildman–Crippen LogP) is 4.60. The Morgan fingerprint density at radius 2 is 2.19 bits per heavy atom. The van der Waals surface area contributed by atoms with Crippen LogP contribution in [0.2, 0.25) is 0 Å². The molecule has 0 N–H and O–H groups in total. The number of esters is 1. The van der Waals surface area contributed by atoms with Crippen molar-refractivity contribution >= 4 is 5.97 Å². The number of hydrogen-bond donors (Lipinski definition) is 0. The van der Waals surface area contributed by atoms with E-state index in [0.29, 0.717) is 18.4 Å². The van der Waals surface area contributed by atoms with Gasteiger partial charge in [0.15, 0.2) is 0 Å². The molecule has 3 rings (SSSR count). The van der Waals surface area contributed by atoms with Crippen LogP contribution in [0.4, 0.5) is 0 Å². The molecule has 1 fully saturated rings. The second-order valence-electron chi connectivity index (χ2n) is 8.36. The van der Waals surface area contributed by atoms with Crippen LogP contribution in [0.5, 0.6) is 5.75 Å². The van der Waals surface area contributed by atoms with E-state index in [9.17, 15) is 4.79 Å². The van der Waals surface area contributed by atoms with E-state index in [1.165, 1.54) is 11.1 Å². The first kappa shape index (κ1) is 19.9. The monoisotopic (exact) mass is 371 g/mol. The molecule has 1 aliphatic carbocycles. The minimum absolute atomic E-state index is 0.0935. The number of methoxy groups -OCH3 is 1. The fraction of sp³-hybridized carbons (Fsp3) is 0.609. The number of likely N-dealkylation sites (tertiary alicyclic amines) is 1. The van der Waals surface area contributed by atoms with Gasteiger partial charge in [0.25, 0.3) is 0 Å². The van der Waals surface area contributed by atoms with E-state index in [-0.39, 0.29) is 11.4 Å². The quantitative estimate of drug-likeness (QED) is 0.685. The van der Waals surface area contributed by atoms with Crippen LogP contribution in [0.15, 0.2) is 30.0 Å². The van der Waals surface area contributed by atoms with Crippen molar-refractivity contribution in [1.29, 1.82) is 0 Å². The summed E-state index contributed by atoms with van der Waals surface area (Å²) in [6.45, 7) is 7.37. The van der Waals surface area contributed by atoms with E-state index in [2.05, 4.69) is 57.0 Å². The van der Waals surface area contributed by atoms with Gasteiger partial charge in [-0.05, 0) is 62.5 Å². The Bertz CT molecular complexity index is 726. The van der Waals surface area contributed by atoms with Crippen molar-refractivity contribution in [3.05, 3.63) is 41.2 Å². The molecule has 0 aromatic heterocycles. The summed E-state index contributed by atoms with van der Waals surface area (Å²) < 4.78 is 11.2. The van der Waals surface area contributed by atoms with E-state index < -0.39 is 0 Å². The smallest absolute Gasteiger partial charge is 0.311 e. The van der Waals surface area contributed by atoms with Crippen molar-refractivity contribution < 1.29 is 14.3 Å². The van der Waals surface area contributed by atoms with Gasteiger partial charge >= 0.3 is 5.97 Å². The SMILES string of the molecule is CCC(C)CC(=O)OC1=CCC2(c3ccc(OC)c(C)c3)CCN(C)C2C1. The molecule has 3 unspecified atom stereocenters. The lowest BCUT2D eigenvalue weighted by molar-refractivity contribution is -0.141. The number of rotatable bonds is 6. The molecule has 27 heavy (non-hydrogen) atoms. The lowest BCUT2D eigenvalue weighted by atomic mass is 9.68. The maximum Gasteiger partial charge on any atom is 0.311 e. The molecule has 0 amide bonds. The minimum Gasteiger partial charge on any atom is -0.496 e. The molecule has 1 aliphatic heterocycles. The first-order chi connectivity index (χ1) is 12.9. The average molecular weight is 372 g/mol. The Morgan fingerprint density at radius 1 is 1.41 bits per heavy atom. The summed E-state index contributed by atoms with van der Waals surface area (Å²) >= 11 is 0. The Morgan fingerprint density at radius 3 is 2.85 bits per heavy atom. The van der Waals surface area contributed by atoms with E-state index in [4.69, 9.17) is 9.47 Å². The number of fused-ring (bicyclic) bond motifs is 1. The molecular formula is C23H33NO3. The zero-order valence-electron chi connectivity index (χ0n) is 17.4. The van der Waals surface area contributed by atoms with Gasteiger partial charge in [-0.15, -0.1) is 0 Å². The van der Waals surface area contributed by atoms with Crippen LogP contribution < -0.4 is 4.74 Å². The molecule has 0 spiro atoms. The molecule has 1 aromatic rings. The zero-order valence-corrected chi connectivity index (χ0v) is 17.4. The van der Waals surface area contributed by atoms with Crippen LogP contribution >= 0.6 is 0 Å². The third kappa shape index (κ3) is 3.91. The van der Waals surface area contributed by atoms with Gasteiger partial charge in [-0.1, -0.05) is 32.4 Å². The summed E-state index contributed by atoms with van der Waals surface area (Å²) in [6.07, 6.45) is 6.50. The number of likely N-dealkylation sites (N-methyl/N-ethyl adjacent to an activating group) is 1. The summed E-state index contributed by atoms with van der Waals surface area (Å²) in [6, 6.07) is 6.94. The number of allylic oxidation sites excluding steroid dienone is 1. The van der Waals surface area contributed by atoms with Gasteiger partial charge in [-0.3, -0.25) is 4.79 Å². The number of ether oxygens (including phenoxy) is 2. The van der Waals surface area contributed by atoms with Crippen molar-refractivity contribution in [2.24, 2.45) is 5.92 Å². The van der Waals surface area contributed by atoms with Crippen molar-refractivity contribution in [1.82, 2.24) is 4.90 Å². The summed E-state index contributed by atoms with van der Waals surface area (Å²) in [5.74, 6) is 2.06. The van der Waals surface area contributed by atoms with Crippen LogP contribution in [0, 0.1) is 12.8 Å². The fourth-order valence-corrected chi connectivity index (χ4v) is 4.62. The summed E-state index contributed by atoms with van der Waals surface area (Å²) in [5.41, 5.74) is 2.64. The average Bonchev–Trinajstić information content (AvgIpc) is 2.99. The standard InChI is InChI=1S/C23H33NO3/c1-6-16(2)13-22(25)27-19-9-10-23(11-12-24(4)21(23)15-19)18-7-8-20(26-5)17(3)14-18/h7-9,14,16,21H,6,10-13,15H2,1-5H3. The Labute approximate surface area is 163 Å². The first-order valence-electron chi connectivity index (χ1n) is 10.1. The highest BCUT2D eigenvalue weighted by atomic mass is 16.5. The van der Waals surface area contributed by atoms with Crippen LogP contribution in [0.3, 0.4) is 0 Å². The predicted molar refractivity (Wildman–Crippen MR) is 108 cm³/mol. The largest absolute Gasteiger partial charge is 0.496 e. The molecule has 3 atom stereocenters. The molecule has 1 saturated heterocycles. The molecule has 0 bridgehead atoms. The Hall–Kier alpha value is -1.81. The maximum atomic E-state index is 12.2. The Balaban J connectivity index is 1.82. The van der Waals surface area contributed by atoms with Crippen molar-refractivity contribution in [2.45, 2.75) is 64.3 Å². The van der Waals surface area contributed by atoms with E-state index in [0.717, 1.165) is 43.7 Å². The highest BCUT2D eigenvalue weighted by molar-refractivity contribution is 5.71. The molecule has 4 nitrogen and oxygen atoms in total. The minimum atomic E-state index is -0.0935. The van der Waals surface area contributed by atoms with Crippen LogP contribution in [0.1, 0.15) is 57.1 Å². The molecule has 0 radical (unpaired) electrons. The van der Waals surface area contributed by atoms with Gasteiger partial charge in [0.2, 0.25) is 0 Å². The van der Waals surface area contributed by atoms with Crippen molar-refractivity contribution in [3.63, 3.8) is 0 Å². The zero-order chi connectivity index (χ0) is 19.6. The van der Waals surface area contributed by atoms with Crippen molar-refractivity contribution in [2.75, 3.05) is 20.7 Å². The molecule has 2 aliphatic rings. The van der Waals surface area contributed by atoms with E-state index in [1.54, 1.807) is 7.11 Å². The molecule has 4 heteroatoms. The van der Waals surface area contributed by atoms with Gasteiger partial charge < -0.3 is 14.4 Å². The van der Waals surface area contributed by atoms with Crippen molar-refractivity contribution in [3.8, 4) is 5.75 Å². The summed E-state index contributed by atoms with van der Waals surface area (Å²) in [5, 5.41) is 0. The summed E-state index contributed by atoms with van der Waals surface area (Å²) in [4.78, 5) is 14.7. The normalized spacial score (nSPS) is 26.3. The first-order valence-corrected chi connectivity index (χ1v) is 10.1. The number of carbonyl (C=O) groups excluding carboxylic acids is 1. The molecule has 1 aromatic carbocycles. The van der Waals surface area contributed by atoms with Gasteiger partial charge in [0, 0.05) is 24.3 Å². The third-order valence-electron chi connectivity index (χ3n) is 6.60. The highest BCUT2D eigenvalue weighted by Gasteiger charge is 2.49. The second kappa shape index (κ2) is 8.05. The van der Waals surface area contributed by atoms with Crippen LogP contribution in [0.25, 0.3) is 0 Å². The Kier molecular flexibility index (Phi) is 5.95.